The largest absolute Gasteiger partial charge is 0.393 e. The second-order valence-electron chi connectivity index (χ2n) is 9.80. The Kier molecular flexibility index (Phi) is 3.51. The molecular weight excluding hydrogens is 308 g/mol. The maximum atomic E-state index is 10.1. The average Bonchev–Trinajstić information content (AvgIpc) is 3.22. The van der Waals surface area contributed by atoms with Gasteiger partial charge in [-0.2, -0.15) is 0 Å². The number of aliphatic hydroxyl groups is 1. The number of aromatic nitrogens is 2. The van der Waals surface area contributed by atoms with Gasteiger partial charge in [-0.05, 0) is 80.0 Å². The molecule has 0 aromatic carbocycles. The molecule has 1 N–H and O–H groups in total. The minimum atomic E-state index is -0.0955. The molecule has 4 aliphatic rings. The first-order valence-corrected chi connectivity index (χ1v) is 10.4. The Hall–Kier alpha value is -1.09. The number of aliphatic hydroxyl groups excluding tert-OH is 1. The summed E-state index contributed by atoms with van der Waals surface area (Å²) in [6.07, 6.45) is 18.4. The van der Waals surface area contributed by atoms with E-state index < -0.39 is 0 Å². The zero-order valence-corrected chi connectivity index (χ0v) is 15.7. The molecule has 0 amide bonds. The molecule has 3 saturated carbocycles. The first-order chi connectivity index (χ1) is 12.0. The number of hydrogen-bond acceptors (Lipinski definition) is 2. The molecule has 0 saturated heterocycles. The minimum Gasteiger partial charge on any atom is -0.393 e. The second-order valence-corrected chi connectivity index (χ2v) is 9.80. The van der Waals surface area contributed by atoms with Gasteiger partial charge in [0.25, 0.3) is 0 Å². The predicted octanol–water partition coefficient (Wildman–Crippen LogP) is 4.75. The van der Waals surface area contributed by atoms with Gasteiger partial charge < -0.3 is 9.67 Å². The number of fused-ring (bicyclic) bond motifs is 5. The molecule has 5 rings (SSSR count). The van der Waals surface area contributed by atoms with E-state index in [0.29, 0.717) is 16.9 Å². The Balaban J connectivity index is 1.47. The SMILES string of the molecule is C[C@]12CCC(O)CC1=CC[C@@H]1[C@H]2CC[C@]2(C)C(n3ccnc3)CC[C@@H]12. The summed E-state index contributed by atoms with van der Waals surface area (Å²) in [5.41, 5.74) is 2.37. The smallest absolute Gasteiger partial charge is 0.0948 e. The van der Waals surface area contributed by atoms with E-state index >= 15 is 0 Å². The highest BCUT2D eigenvalue weighted by Crippen LogP contribution is 2.67. The van der Waals surface area contributed by atoms with Crippen molar-refractivity contribution in [1.29, 1.82) is 0 Å². The Morgan fingerprint density at radius 2 is 2.00 bits per heavy atom. The second kappa shape index (κ2) is 5.45. The molecular formula is C22H32N2O. The van der Waals surface area contributed by atoms with Crippen LogP contribution in [0.2, 0.25) is 0 Å². The molecule has 4 aliphatic carbocycles. The van der Waals surface area contributed by atoms with Crippen LogP contribution in [0.15, 0.2) is 30.4 Å². The molecule has 0 spiro atoms. The zero-order chi connectivity index (χ0) is 17.2. The first-order valence-electron chi connectivity index (χ1n) is 10.4. The van der Waals surface area contributed by atoms with Gasteiger partial charge in [0.1, 0.15) is 0 Å². The molecule has 1 heterocycles. The van der Waals surface area contributed by atoms with Gasteiger partial charge in [-0.3, -0.25) is 0 Å². The van der Waals surface area contributed by atoms with Crippen LogP contribution in [0.3, 0.4) is 0 Å². The lowest BCUT2D eigenvalue weighted by molar-refractivity contribution is -0.0475. The summed E-state index contributed by atoms with van der Waals surface area (Å²) in [7, 11) is 0. The summed E-state index contributed by atoms with van der Waals surface area (Å²) in [4.78, 5) is 4.32. The van der Waals surface area contributed by atoms with Gasteiger partial charge in [-0.15, -0.1) is 0 Å². The monoisotopic (exact) mass is 340 g/mol. The van der Waals surface area contributed by atoms with Crippen molar-refractivity contribution < 1.29 is 5.11 Å². The number of allylic oxidation sites excluding steroid dienone is 1. The van der Waals surface area contributed by atoms with Crippen LogP contribution in [0.5, 0.6) is 0 Å². The predicted molar refractivity (Wildman–Crippen MR) is 99.0 cm³/mol. The summed E-state index contributed by atoms with van der Waals surface area (Å²) in [6.45, 7) is 5.09. The van der Waals surface area contributed by atoms with Gasteiger partial charge in [0, 0.05) is 18.4 Å². The van der Waals surface area contributed by atoms with Crippen molar-refractivity contribution in [3.8, 4) is 0 Å². The zero-order valence-electron chi connectivity index (χ0n) is 15.7. The Bertz CT molecular complexity index is 680. The first kappa shape index (κ1) is 16.1. The van der Waals surface area contributed by atoms with E-state index in [2.05, 4.69) is 35.7 Å². The van der Waals surface area contributed by atoms with Crippen LogP contribution in [0.1, 0.15) is 71.3 Å². The maximum absolute atomic E-state index is 10.1. The van der Waals surface area contributed by atoms with Crippen LogP contribution in [0, 0.1) is 28.6 Å². The molecule has 0 bridgehead atoms. The van der Waals surface area contributed by atoms with Crippen molar-refractivity contribution >= 4 is 0 Å². The summed E-state index contributed by atoms with van der Waals surface area (Å²) in [6, 6.07) is 0.632. The van der Waals surface area contributed by atoms with Crippen molar-refractivity contribution in [3.05, 3.63) is 30.4 Å². The van der Waals surface area contributed by atoms with Crippen LogP contribution >= 0.6 is 0 Å². The fraction of sp³-hybridized carbons (Fsp3) is 0.773. The van der Waals surface area contributed by atoms with Crippen LogP contribution in [0.4, 0.5) is 0 Å². The Labute approximate surface area is 151 Å². The molecule has 3 fully saturated rings. The summed E-state index contributed by atoms with van der Waals surface area (Å²) in [5, 5.41) is 10.1. The minimum absolute atomic E-state index is 0.0955. The number of rotatable bonds is 1. The van der Waals surface area contributed by atoms with Crippen molar-refractivity contribution in [2.75, 3.05) is 0 Å². The standard InChI is InChI=1S/C22H32N2O/c1-21-9-7-16(25)13-15(21)3-4-17-18-5-6-20(24-12-11-23-14-24)22(18,2)10-8-19(17)21/h3,11-12,14,16-20,25H,4-10,13H2,1-2H3/t16?,17-,18-,19+,20?,21-,22-/m0/s1. The fourth-order valence-electron chi connectivity index (χ4n) is 7.56. The van der Waals surface area contributed by atoms with Crippen LogP contribution < -0.4 is 0 Å². The number of nitrogens with zero attached hydrogens (tertiary/aromatic N) is 2. The Morgan fingerprint density at radius 1 is 1.12 bits per heavy atom. The van der Waals surface area contributed by atoms with Gasteiger partial charge in [-0.1, -0.05) is 25.5 Å². The van der Waals surface area contributed by atoms with E-state index in [1.165, 1.54) is 38.5 Å². The number of imidazole rings is 1. The topological polar surface area (TPSA) is 38.0 Å². The van der Waals surface area contributed by atoms with E-state index in [9.17, 15) is 5.11 Å². The lowest BCUT2D eigenvalue weighted by Gasteiger charge is -2.58. The third-order valence-electron chi connectivity index (χ3n) is 8.91. The maximum Gasteiger partial charge on any atom is 0.0948 e. The van der Waals surface area contributed by atoms with Crippen LogP contribution in [-0.2, 0) is 0 Å². The highest BCUT2D eigenvalue weighted by atomic mass is 16.3. The van der Waals surface area contributed by atoms with E-state index in [-0.39, 0.29) is 6.10 Å². The van der Waals surface area contributed by atoms with E-state index in [4.69, 9.17) is 0 Å². The van der Waals surface area contributed by atoms with Gasteiger partial charge >= 0.3 is 0 Å². The van der Waals surface area contributed by atoms with E-state index in [1.807, 2.05) is 12.5 Å². The molecule has 25 heavy (non-hydrogen) atoms. The molecule has 1 aromatic rings. The highest BCUT2D eigenvalue weighted by Gasteiger charge is 2.58. The van der Waals surface area contributed by atoms with Crippen LogP contribution in [-0.4, -0.2) is 20.8 Å². The summed E-state index contributed by atoms with van der Waals surface area (Å²) in [5.74, 6) is 2.52. The van der Waals surface area contributed by atoms with Gasteiger partial charge in [-0.25, -0.2) is 4.98 Å². The molecule has 136 valence electrons. The van der Waals surface area contributed by atoms with Gasteiger partial charge in [0.15, 0.2) is 0 Å². The molecule has 1 aromatic heterocycles. The lowest BCUT2D eigenvalue weighted by atomic mass is 9.48. The van der Waals surface area contributed by atoms with Crippen LogP contribution in [0.25, 0.3) is 0 Å². The average molecular weight is 341 g/mol. The van der Waals surface area contributed by atoms with E-state index in [1.54, 1.807) is 5.57 Å². The highest BCUT2D eigenvalue weighted by molar-refractivity contribution is 5.25. The third-order valence-corrected chi connectivity index (χ3v) is 8.91. The van der Waals surface area contributed by atoms with Gasteiger partial charge in [0.05, 0.1) is 12.4 Å². The van der Waals surface area contributed by atoms with Gasteiger partial charge in [0.2, 0.25) is 0 Å². The van der Waals surface area contributed by atoms with Crippen molar-refractivity contribution in [1.82, 2.24) is 9.55 Å². The number of hydrogen-bond donors (Lipinski definition) is 1. The van der Waals surface area contributed by atoms with Crippen molar-refractivity contribution in [3.63, 3.8) is 0 Å². The molecule has 0 radical (unpaired) electrons. The normalized spacial score (nSPS) is 49.1. The molecule has 7 atom stereocenters. The lowest BCUT2D eigenvalue weighted by Crippen LogP contribution is -2.50. The summed E-state index contributed by atoms with van der Waals surface area (Å²) >= 11 is 0. The van der Waals surface area contributed by atoms with Crippen molar-refractivity contribution in [2.45, 2.75) is 77.4 Å². The quantitative estimate of drug-likeness (QED) is 0.749. The van der Waals surface area contributed by atoms with E-state index in [0.717, 1.165) is 30.6 Å². The Morgan fingerprint density at radius 3 is 2.80 bits per heavy atom. The fourth-order valence-corrected chi connectivity index (χ4v) is 7.56. The molecule has 2 unspecified atom stereocenters. The molecule has 3 nitrogen and oxygen atoms in total. The third kappa shape index (κ3) is 2.17. The summed E-state index contributed by atoms with van der Waals surface area (Å²) < 4.78 is 2.39. The molecule has 3 heteroatoms. The van der Waals surface area contributed by atoms with Crippen molar-refractivity contribution in [2.24, 2.45) is 28.6 Å². The molecule has 0 aliphatic heterocycles.